The van der Waals surface area contributed by atoms with Crippen molar-refractivity contribution in [2.24, 2.45) is 5.41 Å². The number of ether oxygens (including phenoxy) is 1. The Morgan fingerprint density at radius 3 is 2.88 bits per heavy atom. The lowest BCUT2D eigenvalue weighted by Crippen LogP contribution is -2.43. The molecule has 1 saturated heterocycles. The smallest absolute Gasteiger partial charge is 0.318 e. The summed E-state index contributed by atoms with van der Waals surface area (Å²) >= 11 is 0. The van der Waals surface area contributed by atoms with Crippen LogP contribution in [0.5, 0.6) is 0 Å². The topological polar surface area (TPSA) is 29.5 Å². The van der Waals surface area contributed by atoms with Crippen molar-refractivity contribution in [3.8, 4) is 0 Å². The Balaban J connectivity index is 2.71. The van der Waals surface area contributed by atoms with Crippen molar-refractivity contribution in [2.45, 2.75) is 26.7 Å². The summed E-state index contributed by atoms with van der Waals surface area (Å²) in [6.07, 6.45) is 1.80. The van der Waals surface area contributed by atoms with Gasteiger partial charge in [0.1, 0.15) is 12.0 Å². The molecule has 0 saturated carbocycles. The molecule has 0 bridgehead atoms. The van der Waals surface area contributed by atoms with Crippen molar-refractivity contribution in [1.82, 2.24) is 4.81 Å². The Labute approximate surface area is 98.6 Å². The molecule has 0 N–H and O–H groups in total. The van der Waals surface area contributed by atoms with Crippen LogP contribution in [0.2, 0.25) is 0 Å². The molecular weight excluding hydrogens is 201 g/mol. The predicted octanol–water partition coefficient (Wildman–Crippen LogP) is 1.27. The summed E-state index contributed by atoms with van der Waals surface area (Å²) in [5, 5.41) is 0. The van der Waals surface area contributed by atoms with Crippen LogP contribution < -0.4 is 0 Å². The second-order valence-electron chi connectivity index (χ2n) is 4.84. The summed E-state index contributed by atoms with van der Waals surface area (Å²) in [6, 6.07) is 0. The highest BCUT2D eigenvalue weighted by Gasteiger charge is 2.41. The van der Waals surface area contributed by atoms with Gasteiger partial charge in [-0.1, -0.05) is 13.2 Å². The molecule has 3 nitrogen and oxygen atoms in total. The summed E-state index contributed by atoms with van der Waals surface area (Å²) in [5.41, 5.74) is 1.14. The molecule has 1 unspecified atom stereocenters. The minimum Gasteiger partial charge on any atom is -0.460 e. The van der Waals surface area contributed by atoms with Crippen LogP contribution in [0.4, 0.5) is 0 Å². The molecule has 0 radical (unpaired) electrons. The van der Waals surface area contributed by atoms with Gasteiger partial charge in [0.15, 0.2) is 0 Å². The maximum absolute atomic E-state index is 12.0. The largest absolute Gasteiger partial charge is 0.460 e. The van der Waals surface area contributed by atoms with Crippen LogP contribution in [-0.4, -0.2) is 31.9 Å². The van der Waals surface area contributed by atoms with Gasteiger partial charge < -0.3 is 9.55 Å². The number of hydrogen-bond donors (Lipinski definition) is 0. The lowest BCUT2D eigenvalue weighted by atomic mass is 9.78. The lowest BCUT2D eigenvalue weighted by Gasteiger charge is -2.40. The highest BCUT2D eigenvalue weighted by Crippen LogP contribution is 2.37. The Bertz CT molecular complexity index is 327. The van der Waals surface area contributed by atoms with E-state index in [1.54, 1.807) is 0 Å². The first-order valence-corrected chi connectivity index (χ1v) is 5.60. The number of rotatable bonds is 3. The van der Waals surface area contributed by atoms with E-state index < -0.39 is 5.41 Å². The van der Waals surface area contributed by atoms with Crippen LogP contribution in [0.1, 0.15) is 26.7 Å². The van der Waals surface area contributed by atoms with Gasteiger partial charge in [0.05, 0.1) is 0 Å². The zero-order valence-electron chi connectivity index (χ0n) is 10.5. The number of carbonyl (C=O) groups is 1. The van der Waals surface area contributed by atoms with Crippen LogP contribution >= 0.6 is 0 Å². The maximum atomic E-state index is 12.0. The van der Waals surface area contributed by atoms with Crippen molar-refractivity contribution in [3.63, 3.8) is 0 Å². The van der Waals surface area contributed by atoms with Gasteiger partial charge in [-0.25, -0.2) is 0 Å². The third kappa shape index (κ3) is 2.49. The highest BCUT2D eigenvalue weighted by molar-refractivity contribution is 6.06. The molecule has 4 heteroatoms. The molecule has 1 aliphatic rings. The Morgan fingerprint density at radius 1 is 1.69 bits per heavy atom. The zero-order chi connectivity index (χ0) is 12.3. The number of esters is 1. The van der Waals surface area contributed by atoms with Crippen molar-refractivity contribution in [1.29, 1.82) is 0 Å². The maximum Gasteiger partial charge on any atom is 0.318 e. The molecular formula is C12H20BNO2. The normalized spacial score (nSPS) is 25.4. The number of hydrogen-bond acceptors (Lipinski definition) is 3. The summed E-state index contributed by atoms with van der Waals surface area (Å²) in [4.78, 5) is 14.1. The fraction of sp³-hybridized carbons (Fsp3) is 0.583. The Hall–Kier alpha value is -1.19. The van der Waals surface area contributed by atoms with Crippen molar-refractivity contribution < 1.29 is 9.53 Å². The molecule has 1 atom stereocenters. The van der Waals surface area contributed by atoms with E-state index in [1.165, 1.54) is 0 Å². The van der Waals surface area contributed by atoms with Crippen LogP contribution in [-0.2, 0) is 9.53 Å². The van der Waals surface area contributed by atoms with E-state index in [4.69, 9.17) is 4.74 Å². The van der Waals surface area contributed by atoms with Gasteiger partial charge >= 0.3 is 5.97 Å². The van der Waals surface area contributed by atoms with Crippen LogP contribution in [0.25, 0.3) is 0 Å². The third-order valence-electron chi connectivity index (χ3n) is 3.17. The average molecular weight is 221 g/mol. The number of nitrogens with zero attached hydrogens (tertiary/aromatic N) is 1. The van der Waals surface area contributed by atoms with Gasteiger partial charge in [-0.15, -0.1) is 0 Å². The highest BCUT2D eigenvalue weighted by atomic mass is 16.5. The Kier molecular flexibility index (Phi) is 3.84. The van der Waals surface area contributed by atoms with Crippen molar-refractivity contribution >= 4 is 14.0 Å². The molecule has 1 aliphatic heterocycles. The number of piperidine rings is 1. The predicted molar refractivity (Wildman–Crippen MR) is 67.5 cm³/mol. The molecule has 0 spiro atoms. The van der Waals surface area contributed by atoms with Crippen LogP contribution in [0.15, 0.2) is 24.4 Å². The van der Waals surface area contributed by atoms with Gasteiger partial charge in [-0.3, -0.25) is 4.79 Å². The van der Waals surface area contributed by atoms with Gasteiger partial charge in [0, 0.05) is 12.2 Å². The molecule has 1 rings (SSSR count). The van der Waals surface area contributed by atoms with Crippen molar-refractivity contribution in [2.75, 3.05) is 13.2 Å². The van der Waals surface area contributed by atoms with Crippen LogP contribution in [0.3, 0.4) is 0 Å². The molecule has 1 heterocycles. The molecule has 16 heavy (non-hydrogen) atoms. The number of carbonyl (C=O) groups excluding carboxylic acids is 1. The quantitative estimate of drug-likeness (QED) is 0.408. The average Bonchev–Trinajstić information content (AvgIpc) is 2.22. The van der Waals surface area contributed by atoms with Crippen LogP contribution in [0, 0.1) is 5.41 Å². The summed E-state index contributed by atoms with van der Waals surface area (Å²) < 4.78 is 5.24. The van der Waals surface area contributed by atoms with E-state index in [2.05, 4.69) is 13.2 Å². The monoisotopic (exact) mass is 221 g/mol. The third-order valence-corrected chi connectivity index (χ3v) is 3.17. The first-order valence-electron chi connectivity index (χ1n) is 5.60. The van der Waals surface area contributed by atoms with E-state index in [1.807, 2.05) is 26.6 Å². The van der Waals surface area contributed by atoms with Gasteiger partial charge in [-0.05, 0) is 32.3 Å². The summed E-state index contributed by atoms with van der Waals surface area (Å²) in [6.45, 7) is 12.7. The fourth-order valence-electron chi connectivity index (χ4n) is 1.94. The van der Waals surface area contributed by atoms with E-state index in [9.17, 15) is 4.79 Å². The molecule has 0 aromatic heterocycles. The lowest BCUT2D eigenvalue weighted by molar-refractivity contribution is -0.153. The SMILES string of the molecule is BN1CCCC(C)(C(=O)OCC(=C)C)C1=C. The molecule has 0 aliphatic carbocycles. The standard InChI is InChI=1S/C12H20BNO2/c1-9(2)8-16-11(15)12(4)6-5-7-14(13)10(12)3/h1,3,5-8,13H2,2,4H3. The second-order valence-corrected chi connectivity index (χ2v) is 4.84. The van der Waals surface area contributed by atoms with Gasteiger partial charge in [0.2, 0.25) is 7.98 Å². The summed E-state index contributed by atoms with van der Waals surface area (Å²) in [5.74, 6) is -0.188. The molecule has 0 aromatic rings. The van der Waals surface area contributed by atoms with Crippen molar-refractivity contribution in [3.05, 3.63) is 24.4 Å². The van der Waals surface area contributed by atoms with E-state index >= 15 is 0 Å². The second kappa shape index (κ2) is 4.77. The Morgan fingerprint density at radius 2 is 2.31 bits per heavy atom. The molecule has 0 amide bonds. The van der Waals surface area contributed by atoms with E-state index in [0.717, 1.165) is 30.7 Å². The first kappa shape index (κ1) is 12.9. The first-order chi connectivity index (χ1) is 7.38. The minimum atomic E-state index is -0.567. The van der Waals surface area contributed by atoms with E-state index in [0.29, 0.717) is 6.61 Å². The summed E-state index contributed by atoms with van der Waals surface area (Å²) in [7, 11) is 1.96. The molecule has 88 valence electrons. The van der Waals surface area contributed by atoms with Gasteiger partial charge in [-0.2, -0.15) is 0 Å². The minimum absolute atomic E-state index is 0.188. The van der Waals surface area contributed by atoms with Gasteiger partial charge in [0.25, 0.3) is 0 Å². The molecule has 1 fully saturated rings. The zero-order valence-corrected chi connectivity index (χ0v) is 10.5. The fourth-order valence-corrected chi connectivity index (χ4v) is 1.94. The van der Waals surface area contributed by atoms with E-state index in [-0.39, 0.29) is 5.97 Å². The molecule has 0 aromatic carbocycles.